The van der Waals surface area contributed by atoms with Crippen LogP contribution >= 0.6 is 0 Å². The molecule has 0 spiro atoms. The maximum atomic E-state index is 10.6. The summed E-state index contributed by atoms with van der Waals surface area (Å²) in [6.07, 6.45) is 11.9. The first-order valence-corrected chi connectivity index (χ1v) is 5.92. The molecule has 1 aromatic rings. The average molecular weight is 228 g/mol. The molecule has 0 aromatic carbocycles. The summed E-state index contributed by atoms with van der Waals surface area (Å²) in [4.78, 5) is 0. The van der Waals surface area contributed by atoms with Crippen molar-refractivity contribution in [1.29, 1.82) is 0 Å². The SMILES string of the molecule is C#C[C@]1(O)CCC2=Cc3c(cnn3C)CC21C. The van der Waals surface area contributed by atoms with Crippen LogP contribution in [0.3, 0.4) is 0 Å². The monoisotopic (exact) mass is 228 g/mol. The van der Waals surface area contributed by atoms with Crippen LogP contribution in [0, 0.1) is 17.8 Å². The van der Waals surface area contributed by atoms with Gasteiger partial charge in [-0.15, -0.1) is 6.42 Å². The normalized spacial score (nSPS) is 34.8. The molecule has 88 valence electrons. The van der Waals surface area contributed by atoms with Crippen LogP contribution in [-0.4, -0.2) is 20.5 Å². The standard InChI is InChI=1S/C14H16N2O/c1-4-14(17)6-5-11-7-12-10(8-13(11,14)2)9-15-16(12)3/h1,7,9,17H,5-6,8H2,2-3H3/t13?,14-/m0/s1. The highest BCUT2D eigenvalue weighted by atomic mass is 16.3. The molecule has 17 heavy (non-hydrogen) atoms. The Morgan fingerprint density at radius 1 is 1.59 bits per heavy atom. The van der Waals surface area contributed by atoms with Gasteiger partial charge in [0.15, 0.2) is 0 Å². The molecule has 0 bridgehead atoms. The Hall–Kier alpha value is -1.53. The van der Waals surface area contributed by atoms with Gasteiger partial charge in [-0.3, -0.25) is 4.68 Å². The lowest BCUT2D eigenvalue weighted by atomic mass is 9.68. The molecular weight excluding hydrogens is 212 g/mol. The Morgan fingerprint density at radius 2 is 2.35 bits per heavy atom. The first-order chi connectivity index (χ1) is 8.00. The molecule has 0 amide bonds. The van der Waals surface area contributed by atoms with Crippen LogP contribution in [0.4, 0.5) is 0 Å². The van der Waals surface area contributed by atoms with Gasteiger partial charge in [0.25, 0.3) is 0 Å². The van der Waals surface area contributed by atoms with Crippen LogP contribution in [0.1, 0.15) is 31.0 Å². The number of hydrogen-bond acceptors (Lipinski definition) is 2. The van der Waals surface area contributed by atoms with Crippen molar-refractivity contribution in [3.8, 4) is 12.3 Å². The maximum absolute atomic E-state index is 10.6. The second-order valence-electron chi connectivity index (χ2n) is 5.36. The van der Waals surface area contributed by atoms with Crippen LogP contribution in [0.5, 0.6) is 0 Å². The van der Waals surface area contributed by atoms with Crippen molar-refractivity contribution in [2.45, 2.75) is 31.8 Å². The van der Waals surface area contributed by atoms with Crippen LogP contribution < -0.4 is 0 Å². The van der Waals surface area contributed by atoms with E-state index in [1.54, 1.807) is 0 Å². The summed E-state index contributed by atoms with van der Waals surface area (Å²) in [7, 11) is 1.95. The summed E-state index contributed by atoms with van der Waals surface area (Å²) < 4.78 is 1.88. The Bertz CT molecular complexity index is 563. The minimum atomic E-state index is -1.01. The van der Waals surface area contributed by atoms with E-state index >= 15 is 0 Å². The molecule has 0 aliphatic heterocycles. The Morgan fingerprint density at radius 3 is 3.06 bits per heavy atom. The number of hydrogen-bond donors (Lipinski definition) is 1. The van der Waals surface area contributed by atoms with Gasteiger partial charge in [0, 0.05) is 12.5 Å². The van der Waals surface area contributed by atoms with Crippen LogP contribution in [0.2, 0.25) is 0 Å². The first kappa shape index (κ1) is 10.6. The second-order valence-corrected chi connectivity index (χ2v) is 5.36. The number of nitrogens with zero attached hydrogens (tertiary/aromatic N) is 2. The third-order valence-corrected chi connectivity index (χ3v) is 4.54. The Balaban J connectivity index is 2.17. The minimum absolute atomic E-state index is 0.322. The molecule has 3 heteroatoms. The highest BCUT2D eigenvalue weighted by Crippen LogP contribution is 2.54. The zero-order chi connectivity index (χ0) is 12.3. The Kier molecular flexibility index (Phi) is 1.89. The lowest BCUT2D eigenvalue weighted by Crippen LogP contribution is -2.43. The van der Waals surface area contributed by atoms with Crippen LogP contribution in [0.15, 0.2) is 11.8 Å². The van der Waals surface area contributed by atoms with Gasteiger partial charge in [0.1, 0.15) is 5.60 Å². The molecule has 1 unspecified atom stereocenters. The highest BCUT2D eigenvalue weighted by Gasteiger charge is 2.54. The second kappa shape index (κ2) is 3.02. The third kappa shape index (κ3) is 1.14. The predicted molar refractivity (Wildman–Crippen MR) is 66.0 cm³/mol. The number of aliphatic hydroxyl groups is 1. The van der Waals surface area contributed by atoms with E-state index in [2.05, 4.69) is 24.0 Å². The first-order valence-electron chi connectivity index (χ1n) is 5.92. The molecule has 0 saturated heterocycles. The maximum Gasteiger partial charge on any atom is 0.134 e. The van der Waals surface area contributed by atoms with Crippen LogP contribution in [0.25, 0.3) is 6.08 Å². The molecule has 1 heterocycles. The van der Waals surface area contributed by atoms with Gasteiger partial charge in [0.05, 0.1) is 11.9 Å². The van der Waals surface area contributed by atoms with Crippen molar-refractivity contribution in [2.75, 3.05) is 0 Å². The molecule has 2 atom stereocenters. The van der Waals surface area contributed by atoms with Crippen molar-refractivity contribution in [1.82, 2.24) is 9.78 Å². The van der Waals surface area contributed by atoms with Gasteiger partial charge in [0.2, 0.25) is 0 Å². The van der Waals surface area contributed by atoms with Crippen molar-refractivity contribution in [2.24, 2.45) is 12.5 Å². The molecule has 2 aliphatic rings. The molecule has 1 saturated carbocycles. The fourth-order valence-electron chi connectivity index (χ4n) is 3.22. The fraction of sp³-hybridized carbons (Fsp3) is 0.500. The van der Waals surface area contributed by atoms with Gasteiger partial charge in [-0.05, 0) is 30.9 Å². The van der Waals surface area contributed by atoms with Crippen LogP contribution in [-0.2, 0) is 13.5 Å². The summed E-state index contributed by atoms with van der Waals surface area (Å²) in [5.74, 6) is 2.61. The van der Waals surface area contributed by atoms with Gasteiger partial charge < -0.3 is 5.11 Å². The van der Waals surface area contributed by atoms with E-state index in [0.29, 0.717) is 6.42 Å². The van der Waals surface area contributed by atoms with E-state index in [0.717, 1.165) is 18.5 Å². The number of aryl methyl sites for hydroxylation is 1. The van der Waals surface area contributed by atoms with Gasteiger partial charge in [-0.2, -0.15) is 5.10 Å². The largest absolute Gasteiger partial charge is 0.377 e. The van der Waals surface area contributed by atoms with Gasteiger partial charge >= 0.3 is 0 Å². The van der Waals surface area contributed by atoms with Crippen molar-refractivity contribution >= 4 is 6.08 Å². The molecule has 3 rings (SSSR count). The summed E-state index contributed by atoms with van der Waals surface area (Å²) in [6, 6.07) is 0. The quantitative estimate of drug-likeness (QED) is 0.684. The summed E-state index contributed by atoms with van der Waals surface area (Å²) in [5, 5.41) is 14.9. The number of rotatable bonds is 0. The molecule has 0 radical (unpaired) electrons. The molecule has 1 fully saturated rings. The molecule has 2 aliphatic carbocycles. The number of fused-ring (bicyclic) bond motifs is 2. The highest BCUT2D eigenvalue weighted by molar-refractivity contribution is 5.61. The smallest absolute Gasteiger partial charge is 0.134 e. The van der Waals surface area contributed by atoms with Crippen molar-refractivity contribution in [3.63, 3.8) is 0 Å². The zero-order valence-corrected chi connectivity index (χ0v) is 10.2. The van der Waals surface area contributed by atoms with Crippen molar-refractivity contribution < 1.29 is 5.11 Å². The van der Waals surface area contributed by atoms with Crippen molar-refractivity contribution in [3.05, 3.63) is 23.0 Å². The number of aromatic nitrogens is 2. The minimum Gasteiger partial charge on any atom is -0.377 e. The summed E-state index contributed by atoms with van der Waals surface area (Å²) in [6.45, 7) is 2.07. The van der Waals surface area contributed by atoms with E-state index in [4.69, 9.17) is 6.42 Å². The summed E-state index contributed by atoms with van der Waals surface area (Å²) >= 11 is 0. The third-order valence-electron chi connectivity index (χ3n) is 4.54. The fourth-order valence-corrected chi connectivity index (χ4v) is 3.22. The average Bonchev–Trinajstić information content (AvgIpc) is 2.78. The summed E-state index contributed by atoms with van der Waals surface area (Å²) in [5.41, 5.74) is 2.26. The van der Waals surface area contributed by atoms with E-state index in [1.807, 2.05) is 17.9 Å². The lowest BCUT2D eigenvalue weighted by Gasteiger charge is -2.38. The molecule has 1 N–H and O–H groups in total. The van der Waals surface area contributed by atoms with E-state index in [1.165, 1.54) is 11.1 Å². The van der Waals surface area contributed by atoms with E-state index in [-0.39, 0.29) is 5.41 Å². The molecular formula is C14H16N2O. The topological polar surface area (TPSA) is 38.1 Å². The zero-order valence-electron chi connectivity index (χ0n) is 10.2. The van der Waals surface area contributed by atoms with E-state index in [9.17, 15) is 5.11 Å². The molecule has 3 nitrogen and oxygen atoms in total. The molecule has 1 aromatic heterocycles. The van der Waals surface area contributed by atoms with Gasteiger partial charge in [-0.1, -0.05) is 18.4 Å². The predicted octanol–water partition coefficient (Wildman–Crippen LogP) is 1.52. The van der Waals surface area contributed by atoms with E-state index < -0.39 is 5.60 Å². The van der Waals surface area contributed by atoms with Gasteiger partial charge in [-0.25, -0.2) is 0 Å². The Labute approximate surface area is 101 Å². The number of terminal acetylenes is 1. The lowest BCUT2D eigenvalue weighted by molar-refractivity contribution is 0.0155.